The Kier molecular flexibility index (Phi) is 6.21. The van der Waals surface area contributed by atoms with E-state index in [2.05, 4.69) is 10.3 Å². The van der Waals surface area contributed by atoms with Gasteiger partial charge in [-0.15, -0.1) is 0 Å². The maximum absolute atomic E-state index is 11.5. The molecule has 0 spiro atoms. The Morgan fingerprint density at radius 1 is 1.41 bits per heavy atom. The highest BCUT2D eigenvalue weighted by molar-refractivity contribution is 5.90. The average Bonchev–Trinajstić information content (AvgIpc) is 2.35. The first-order valence-corrected chi connectivity index (χ1v) is 5.58. The number of carbonyl (C=O) groups is 1. The lowest BCUT2D eigenvalue weighted by atomic mass is 10.3. The van der Waals surface area contributed by atoms with E-state index in [1.165, 1.54) is 0 Å². The molecule has 0 saturated carbocycles. The topological polar surface area (TPSA) is 60.5 Å². The molecule has 5 heteroatoms. The van der Waals surface area contributed by atoms with Crippen LogP contribution < -0.4 is 5.32 Å². The molecule has 1 heterocycles. The van der Waals surface area contributed by atoms with Crippen LogP contribution in [0, 0.1) is 0 Å². The Bertz CT molecular complexity index is 355. The second kappa shape index (κ2) is 7.76. The zero-order valence-electron chi connectivity index (χ0n) is 10.2. The smallest absolute Gasteiger partial charge is 0.251 e. The lowest BCUT2D eigenvalue weighted by Crippen LogP contribution is -2.20. The van der Waals surface area contributed by atoms with Gasteiger partial charge in [0.25, 0.3) is 5.91 Å². The fourth-order valence-electron chi connectivity index (χ4n) is 1.23. The van der Waals surface area contributed by atoms with E-state index in [1.54, 1.807) is 13.2 Å². The molecule has 0 atom stereocenters. The van der Waals surface area contributed by atoms with Crippen LogP contribution in [0.4, 0.5) is 5.82 Å². The van der Waals surface area contributed by atoms with E-state index in [9.17, 15) is 4.79 Å². The van der Waals surface area contributed by atoms with Gasteiger partial charge in [-0.05, 0) is 18.6 Å². The molecule has 0 fully saturated rings. The monoisotopic (exact) mass is 238 g/mol. The van der Waals surface area contributed by atoms with Gasteiger partial charge in [-0.25, -0.2) is 4.98 Å². The molecule has 1 N–H and O–H groups in total. The van der Waals surface area contributed by atoms with Crippen LogP contribution in [0.1, 0.15) is 12.6 Å². The number of nitrogens with zero attached hydrogens (tertiary/aromatic N) is 1. The van der Waals surface area contributed by atoms with Crippen molar-refractivity contribution in [2.45, 2.75) is 13.3 Å². The van der Waals surface area contributed by atoms with Crippen molar-refractivity contribution < 1.29 is 14.3 Å². The second-order valence-corrected chi connectivity index (χ2v) is 3.46. The molecule has 1 amide bonds. The maximum Gasteiger partial charge on any atom is 0.251 e. The number of nitrogens with one attached hydrogen (secondary N) is 1. The van der Waals surface area contributed by atoms with Crippen molar-refractivity contribution in [3.05, 3.63) is 23.9 Å². The largest absolute Gasteiger partial charge is 0.382 e. The van der Waals surface area contributed by atoms with Crippen LogP contribution >= 0.6 is 0 Å². The molecule has 1 rings (SSSR count). The number of hydrogen-bond donors (Lipinski definition) is 1. The predicted molar refractivity (Wildman–Crippen MR) is 64.9 cm³/mol. The molecule has 0 bridgehead atoms. The number of ether oxygens (including phenoxy) is 2. The fraction of sp³-hybridized carbons (Fsp3) is 0.500. The molecular formula is C12H18N2O3. The van der Waals surface area contributed by atoms with Gasteiger partial charge in [-0.2, -0.15) is 0 Å². The predicted octanol–water partition coefficient (Wildman–Crippen LogP) is 1.25. The molecule has 0 aliphatic heterocycles. The zero-order valence-corrected chi connectivity index (χ0v) is 10.2. The van der Waals surface area contributed by atoms with E-state index in [1.807, 2.05) is 19.1 Å². The van der Waals surface area contributed by atoms with Gasteiger partial charge in [-0.1, -0.05) is 13.0 Å². The summed E-state index contributed by atoms with van der Waals surface area (Å²) in [6.07, 6.45) is 0.841. The number of aryl methyl sites for hydroxylation is 1. The van der Waals surface area contributed by atoms with Gasteiger partial charge in [-0.3, -0.25) is 4.79 Å². The number of methoxy groups -OCH3 is 1. The van der Waals surface area contributed by atoms with Crippen LogP contribution in [-0.4, -0.2) is 37.8 Å². The Morgan fingerprint density at radius 3 is 2.94 bits per heavy atom. The van der Waals surface area contributed by atoms with Crippen molar-refractivity contribution in [2.75, 3.05) is 32.2 Å². The first-order chi connectivity index (χ1) is 8.26. The van der Waals surface area contributed by atoms with E-state index in [4.69, 9.17) is 9.47 Å². The summed E-state index contributed by atoms with van der Waals surface area (Å²) in [5.74, 6) is 0.353. The minimum Gasteiger partial charge on any atom is -0.382 e. The highest BCUT2D eigenvalue weighted by Crippen LogP contribution is 2.05. The lowest BCUT2D eigenvalue weighted by molar-refractivity contribution is -0.121. The molecule has 5 nitrogen and oxygen atoms in total. The van der Waals surface area contributed by atoms with Gasteiger partial charge < -0.3 is 14.8 Å². The molecule has 0 unspecified atom stereocenters. The van der Waals surface area contributed by atoms with Crippen LogP contribution in [0.5, 0.6) is 0 Å². The maximum atomic E-state index is 11.5. The average molecular weight is 238 g/mol. The van der Waals surface area contributed by atoms with Crippen LogP contribution in [0.15, 0.2) is 18.2 Å². The molecule has 0 saturated heterocycles. The molecule has 0 radical (unpaired) electrons. The lowest BCUT2D eigenvalue weighted by Gasteiger charge is -2.06. The highest BCUT2D eigenvalue weighted by atomic mass is 16.5. The summed E-state index contributed by atoms with van der Waals surface area (Å²) in [5.41, 5.74) is 0.947. The number of amides is 1. The number of pyridine rings is 1. The third-order valence-corrected chi connectivity index (χ3v) is 2.10. The fourth-order valence-corrected chi connectivity index (χ4v) is 1.23. The minimum atomic E-state index is -0.207. The van der Waals surface area contributed by atoms with E-state index >= 15 is 0 Å². The first-order valence-electron chi connectivity index (χ1n) is 5.58. The summed E-state index contributed by atoms with van der Waals surface area (Å²) >= 11 is 0. The molecule has 1 aromatic rings. The van der Waals surface area contributed by atoms with Crippen molar-refractivity contribution in [1.29, 1.82) is 0 Å². The van der Waals surface area contributed by atoms with Crippen LogP contribution in [0.3, 0.4) is 0 Å². The zero-order chi connectivity index (χ0) is 12.5. The van der Waals surface area contributed by atoms with Crippen molar-refractivity contribution in [3.8, 4) is 0 Å². The van der Waals surface area contributed by atoms with E-state index in [0.717, 1.165) is 12.1 Å². The standard InChI is InChI=1S/C12H18N2O3/c1-3-10-5-4-6-11(13-10)14-12(15)9-17-8-7-16-2/h4-6H,3,7-9H2,1-2H3,(H,13,14,15). The van der Waals surface area contributed by atoms with E-state index < -0.39 is 0 Å². The Balaban J connectivity index is 2.34. The van der Waals surface area contributed by atoms with Crippen LogP contribution in [0.2, 0.25) is 0 Å². The third-order valence-electron chi connectivity index (χ3n) is 2.10. The Morgan fingerprint density at radius 2 is 2.24 bits per heavy atom. The minimum absolute atomic E-state index is 0.0153. The second-order valence-electron chi connectivity index (χ2n) is 3.46. The summed E-state index contributed by atoms with van der Waals surface area (Å²) in [6, 6.07) is 5.55. The van der Waals surface area contributed by atoms with Crippen LogP contribution in [-0.2, 0) is 20.7 Å². The number of aromatic nitrogens is 1. The summed E-state index contributed by atoms with van der Waals surface area (Å²) in [7, 11) is 1.59. The molecular weight excluding hydrogens is 220 g/mol. The van der Waals surface area contributed by atoms with Crippen molar-refractivity contribution in [1.82, 2.24) is 4.98 Å². The summed E-state index contributed by atoms with van der Waals surface area (Å²) in [6.45, 7) is 2.92. The van der Waals surface area contributed by atoms with Crippen molar-refractivity contribution in [2.24, 2.45) is 0 Å². The summed E-state index contributed by atoms with van der Waals surface area (Å²) in [5, 5.41) is 2.68. The molecule has 0 aliphatic rings. The van der Waals surface area contributed by atoms with Gasteiger partial charge in [0, 0.05) is 12.8 Å². The summed E-state index contributed by atoms with van der Waals surface area (Å²) < 4.78 is 9.90. The van der Waals surface area contributed by atoms with Crippen molar-refractivity contribution in [3.63, 3.8) is 0 Å². The molecule has 1 aromatic heterocycles. The van der Waals surface area contributed by atoms with E-state index in [-0.39, 0.29) is 12.5 Å². The Hall–Kier alpha value is -1.46. The van der Waals surface area contributed by atoms with Gasteiger partial charge in [0.2, 0.25) is 0 Å². The Labute approximate surface area is 101 Å². The molecule has 94 valence electrons. The third kappa shape index (κ3) is 5.42. The van der Waals surface area contributed by atoms with Crippen LogP contribution in [0.25, 0.3) is 0 Å². The molecule has 0 aliphatic carbocycles. The van der Waals surface area contributed by atoms with Crippen molar-refractivity contribution >= 4 is 11.7 Å². The normalized spacial score (nSPS) is 10.2. The number of carbonyl (C=O) groups excluding carboxylic acids is 1. The van der Waals surface area contributed by atoms with Gasteiger partial charge >= 0.3 is 0 Å². The first kappa shape index (κ1) is 13.6. The number of hydrogen-bond acceptors (Lipinski definition) is 4. The van der Waals surface area contributed by atoms with Gasteiger partial charge in [0.1, 0.15) is 12.4 Å². The number of rotatable bonds is 7. The molecule has 17 heavy (non-hydrogen) atoms. The highest BCUT2D eigenvalue weighted by Gasteiger charge is 2.03. The summed E-state index contributed by atoms with van der Waals surface area (Å²) in [4.78, 5) is 15.7. The quantitative estimate of drug-likeness (QED) is 0.726. The SMILES string of the molecule is CCc1cccc(NC(=O)COCCOC)n1. The number of anilines is 1. The van der Waals surface area contributed by atoms with E-state index in [0.29, 0.717) is 19.0 Å². The molecule has 0 aromatic carbocycles. The van der Waals surface area contributed by atoms with Gasteiger partial charge in [0.15, 0.2) is 0 Å². The van der Waals surface area contributed by atoms with Gasteiger partial charge in [0.05, 0.1) is 13.2 Å².